The van der Waals surface area contributed by atoms with Crippen molar-refractivity contribution in [3.8, 4) is 11.5 Å². The molecule has 0 saturated carbocycles. The molecule has 0 spiro atoms. The van der Waals surface area contributed by atoms with Gasteiger partial charge in [-0.05, 0) is 51.0 Å². The van der Waals surface area contributed by atoms with Crippen LogP contribution in [0.25, 0.3) is 0 Å². The van der Waals surface area contributed by atoms with Crippen LogP contribution in [-0.4, -0.2) is 47.7 Å². The van der Waals surface area contributed by atoms with Crippen LogP contribution in [0.4, 0.5) is 10.6 Å². The highest BCUT2D eigenvalue weighted by molar-refractivity contribution is 9.10. The number of carboxylic acid groups (broad SMARTS) is 1. The maximum Gasteiger partial charge on any atom is 0.407 e. The number of halogens is 2. The summed E-state index contributed by atoms with van der Waals surface area (Å²) in [5, 5.41) is 12.7. The topological polar surface area (TPSA) is 82.5 Å². The van der Waals surface area contributed by atoms with Crippen molar-refractivity contribution in [3.63, 3.8) is 0 Å². The van der Waals surface area contributed by atoms with Gasteiger partial charge < -0.3 is 10.4 Å². The molecule has 1 heterocycles. The van der Waals surface area contributed by atoms with E-state index in [1.165, 1.54) is 0 Å². The minimum absolute atomic E-state index is 0.220. The summed E-state index contributed by atoms with van der Waals surface area (Å²) in [6.07, 6.45) is -1.15. The standard InChI is InChI=1S/C25H39BrClN3O3Si/c1-15(2)34(16(3)4,17(5)6)12-11-20-22(27)19(26)13-21(28-20)29-23(31)18(7)30(24(32)33)14-25(8,9)10/h13,15-18H,14H2,1-10H3,(H,32,33)(H,28,29,31). The van der Waals surface area contributed by atoms with E-state index in [9.17, 15) is 14.7 Å². The van der Waals surface area contributed by atoms with Gasteiger partial charge in [0.05, 0.1) is 5.02 Å². The molecule has 1 rings (SSSR count). The molecule has 0 aromatic carbocycles. The fourth-order valence-corrected chi connectivity index (χ4v) is 10.2. The van der Waals surface area contributed by atoms with Crippen molar-refractivity contribution in [1.82, 2.24) is 9.88 Å². The van der Waals surface area contributed by atoms with Crippen molar-refractivity contribution >= 4 is 53.4 Å². The molecule has 6 nitrogen and oxygen atoms in total. The monoisotopic (exact) mass is 571 g/mol. The van der Waals surface area contributed by atoms with Crippen molar-refractivity contribution in [3.05, 3.63) is 21.3 Å². The number of aromatic nitrogens is 1. The zero-order valence-electron chi connectivity index (χ0n) is 22.0. The lowest BCUT2D eigenvalue weighted by atomic mass is 9.95. The van der Waals surface area contributed by atoms with Crippen LogP contribution in [0.5, 0.6) is 0 Å². The number of hydrogen-bond donors (Lipinski definition) is 2. The lowest BCUT2D eigenvalue weighted by molar-refractivity contribution is -0.120. The third-order valence-corrected chi connectivity index (χ3v) is 13.7. The number of amides is 2. The lowest BCUT2D eigenvalue weighted by Gasteiger charge is -2.38. The van der Waals surface area contributed by atoms with Gasteiger partial charge in [-0.3, -0.25) is 9.69 Å². The molecule has 1 aromatic rings. The number of rotatable bonds is 7. The maximum absolute atomic E-state index is 12.9. The number of anilines is 1. The maximum atomic E-state index is 12.9. The molecule has 0 aliphatic carbocycles. The Balaban J connectivity index is 3.36. The molecule has 0 saturated heterocycles. The van der Waals surface area contributed by atoms with Crippen LogP contribution in [0.2, 0.25) is 21.6 Å². The number of hydrogen-bond acceptors (Lipinski definition) is 3. The molecular formula is C25H39BrClN3O3Si. The van der Waals surface area contributed by atoms with Crippen LogP contribution in [0.3, 0.4) is 0 Å². The summed E-state index contributed by atoms with van der Waals surface area (Å²) in [5.41, 5.74) is 5.06. The first-order valence-electron chi connectivity index (χ1n) is 11.6. The van der Waals surface area contributed by atoms with Gasteiger partial charge in [-0.2, -0.15) is 0 Å². The Hall–Kier alpha value is -1.56. The van der Waals surface area contributed by atoms with Crippen molar-refractivity contribution in [1.29, 1.82) is 0 Å². The van der Waals surface area contributed by atoms with Gasteiger partial charge in [0.2, 0.25) is 5.91 Å². The Kier molecular flexibility index (Phi) is 10.7. The normalized spacial score (nSPS) is 13.0. The number of pyridine rings is 1. The molecule has 9 heteroatoms. The first kappa shape index (κ1) is 30.5. The van der Waals surface area contributed by atoms with Gasteiger partial charge >= 0.3 is 6.09 Å². The van der Waals surface area contributed by atoms with Gasteiger partial charge in [-0.25, -0.2) is 9.78 Å². The molecule has 0 radical (unpaired) electrons. The molecular weight excluding hydrogens is 534 g/mol. The van der Waals surface area contributed by atoms with E-state index in [1.807, 2.05) is 20.8 Å². The van der Waals surface area contributed by atoms with Crippen molar-refractivity contribution < 1.29 is 14.7 Å². The van der Waals surface area contributed by atoms with E-state index in [0.29, 0.717) is 31.8 Å². The van der Waals surface area contributed by atoms with Crippen LogP contribution in [0, 0.1) is 16.9 Å². The minimum Gasteiger partial charge on any atom is -0.465 e. The zero-order chi connectivity index (χ0) is 26.6. The molecule has 0 aliphatic heterocycles. The highest BCUT2D eigenvalue weighted by Gasteiger charge is 2.41. The predicted molar refractivity (Wildman–Crippen MR) is 147 cm³/mol. The molecule has 0 bridgehead atoms. The summed E-state index contributed by atoms with van der Waals surface area (Å²) in [4.78, 5) is 30.3. The number of carbonyl (C=O) groups is 2. The minimum atomic E-state index is -2.00. The summed E-state index contributed by atoms with van der Waals surface area (Å²) in [5.74, 6) is 3.03. The molecule has 34 heavy (non-hydrogen) atoms. The third kappa shape index (κ3) is 7.47. The Labute approximate surface area is 219 Å². The first-order valence-corrected chi connectivity index (χ1v) is 15.0. The van der Waals surface area contributed by atoms with E-state index in [2.05, 4.69) is 79.2 Å². The van der Waals surface area contributed by atoms with E-state index in [1.54, 1.807) is 13.0 Å². The van der Waals surface area contributed by atoms with Crippen LogP contribution >= 0.6 is 27.5 Å². The van der Waals surface area contributed by atoms with Gasteiger partial charge in [0.25, 0.3) is 0 Å². The lowest BCUT2D eigenvalue weighted by Crippen LogP contribution is -2.48. The van der Waals surface area contributed by atoms with Crippen LogP contribution in [-0.2, 0) is 4.79 Å². The number of nitrogens with one attached hydrogen (secondary N) is 1. The molecule has 2 amide bonds. The SMILES string of the molecule is CC(C(=O)Nc1cc(Br)c(Cl)c(C#C[Si](C(C)C)(C(C)C)C(C)C)n1)N(CC(C)(C)C)C(=O)O. The van der Waals surface area contributed by atoms with E-state index >= 15 is 0 Å². The molecule has 1 atom stereocenters. The third-order valence-electron chi connectivity index (χ3n) is 6.17. The second kappa shape index (κ2) is 11.9. The summed E-state index contributed by atoms with van der Waals surface area (Å²) in [6, 6.07) is 0.704. The fourth-order valence-electron chi connectivity index (χ4n) is 4.50. The largest absolute Gasteiger partial charge is 0.465 e. The zero-order valence-corrected chi connectivity index (χ0v) is 25.3. The predicted octanol–water partition coefficient (Wildman–Crippen LogP) is 7.42. The van der Waals surface area contributed by atoms with Crippen LogP contribution in [0.15, 0.2) is 10.5 Å². The van der Waals surface area contributed by atoms with Gasteiger partial charge in [0.15, 0.2) is 0 Å². The smallest absolute Gasteiger partial charge is 0.407 e. The Morgan fingerprint density at radius 3 is 2.06 bits per heavy atom. The van der Waals surface area contributed by atoms with Crippen LogP contribution < -0.4 is 5.32 Å². The van der Waals surface area contributed by atoms with Crippen molar-refractivity contribution in [2.75, 3.05) is 11.9 Å². The summed E-state index contributed by atoms with van der Waals surface area (Å²) >= 11 is 9.94. The second-order valence-corrected chi connectivity index (χ2v) is 17.7. The summed E-state index contributed by atoms with van der Waals surface area (Å²) < 4.78 is 0.562. The highest BCUT2D eigenvalue weighted by atomic mass is 79.9. The summed E-state index contributed by atoms with van der Waals surface area (Å²) in [7, 11) is -2.00. The van der Waals surface area contributed by atoms with Crippen molar-refractivity contribution in [2.24, 2.45) is 5.41 Å². The van der Waals surface area contributed by atoms with E-state index in [4.69, 9.17) is 11.6 Å². The van der Waals surface area contributed by atoms with Gasteiger partial charge in [-0.1, -0.05) is 79.8 Å². The molecule has 190 valence electrons. The Bertz CT molecular complexity index is 943. The Morgan fingerprint density at radius 2 is 1.65 bits per heavy atom. The van der Waals surface area contributed by atoms with Crippen molar-refractivity contribution in [2.45, 2.75) is 91.9 Å². The average molecular weight is 573 g/mol. The van der Waals surface area contributed by atoms with E-state index in [0.717, 1.165) is 4.90 Å². The molecule has 0 aliphatic rings. The van der Waals surface area contributed by atoms with Gasteiger partial charge in [0, 0.05) is 11.0 Å². The fraction of sp³-hybridized carbons (Fsp3) is 0.640. The molecule has 1 aromatic heterocycles. The average Bonchev–Trinajstić information content (AvgIpc) is 2.67. The number of nitrogens with zero attached hydrogens (tertiary/aromatic N) is 2. The first-order chi connectivity index (χ1) is 15.4. The Morgan fingerprint density at radius 1 is 1.15 bits per heavy atom. The van der Waals surface area contributed by atoms with E-state index < -0.39 is 26.1 Å². The van der Waals surface area contributed by atoms with Gasteiger partial charge in [-0.15, -0.1) is 5.54 Å². The van der Waals surface area contributed by atoms with E-state index in [-0.39, 0.29) is 17.8 Å². The molecule has 1 unspecified atom stereocenters. The second-order valence-electron chi connectivity index (χ2n) is 10.9. The van der Waals surface area contributed by atoms with Gasteiger partial charge in [0.1, 0.15) is 25.6 Å². The molecule has 2 N–H and O–H groups in total. The van der Waals surface area contributed by atoms with Crippen LogP contribution in [0.1, 0.15) is 74.9 Å². The quantitative estimate of drug-likeness (QED) is 0.263. The highest BCUT2D eigenvalue weighted by Crippen LogP contribution is 2.41. The summed E-state index contributed by atoms with van der Waals surface area (Å²) in [6.45, 7) is 20.9. The molecule has 0 fully saturated rings. The number of carbonyl (C=O) groups excluding carboxylic acids is 1.